The number of rotatable bonds is 20. The zero-order chi connectivity index (χ0) is 35.8. The van der Waals surface area contributed by atoms with Crippen LogP contribution in [0.5, 0.6) is 11.5 Å². The third kappa shape index (κ3) is 12.4. The van der Waals surface area contributed by atoms with Gasteiger partial charge in [0.2, 0.25) is 0 Å². The lowest BCUT2D eigenvalue weighted by Crippen LogP contribution is -2.32. The predicted molar refractivity (Wildman–Crippen MR) is 200 cm³/mol. The minimum Gasteiger partial charge on any atom is -0.511 e. The summed E-state index contributed by atoms with van der Waals surface area (Å²) in [5.41, 5.74) is 9.11. The molecule has 0 radical (unpaired) electrons. The van der Waals surface area contributed by atoms with Crippen molar-refractivity contribution in [3.8, 4) is 11.5 Å². The van der Waals surface area contributed by atoms with Crippen molar-refractivity contribution in [3.63, 3.8) is 0 Å². The van der Waals surface area contributed by atoms with Crippen molar-refractivity contribution in [1.29, 1.82) is 0 Å². The number of ether oxygens (including phenoxy) is 2. The van der Waals surface area contributed by atoms with Crippen LogP contribution in [0.25, 0.3) is 0 Å². The first-order valence-electron chi connectivity index (χ1n) is 17.8. The minimum atomic E-state index is -0.226. The standard InChI is InChI=1S/C41H54N4O5/c1-31(39-35(46)27-41(2,3)28-36(39)47)43-21-12-24-45(23-11-10-20-42)25-13-22-44-40(48)34-18-19-37(49-29-32-14-6-4-7-15-32)38(26-34)50-30-33-16-8-5-9-17-33/h4-9,14-19,26,46H,10-13,20-25,27-30,42H2,1-3H3,(H,44,48). The van der Waals surface area contributed by atoms with Gasteiger partial charge >= 0.3 is 0 Å². The Balaban J connectivity index is 1.29. The fourth-order valence-electron chi connectivity index (χ4n) is 6.09. The van der Waals surface area contributed by atoms with Gasteiger partial charge in [-0.3, -0.25) is 14.6 Å². The number of hydrogen-bond donors (Lipinski definition) is 3. The highest BCUT2D eigenvalue weighted by Gasteiger charge is 2.34. The zero-order valence-corrected chi connectivity index (χ0v) is 30.0. The fourth-order valence-corrected chi connectivity index (χ4v) is 6.09. The maximum Gasteiger partial charge on any atom is 0.251 e. The van der Waals surface area contributed by atoms with Crippen LogP contribution in [0, 0.1) is 5.41 Å². The molecule has 3 aromatic carbocycles. The number of unbranched alkanes of at least 4 members (excludes halogenated alkanes) is 1. The number of nitrogens with zero attached hydrogens (tertiary/aromatic N) is 2. The van der Waals surface area contributed by atoms with Gasteiger partial charge in [0.05, 0.1) is 5.57 Å². The van der Waals surface area contributed by atoms with Crippen LogP contribution in [-0.4, -0.2) is 66.7 Å². The first-order chi connectivity index (χ1) is 24.1. The van der Waals surface area contributed by atoms with Crippen LogP contribution in [0.4, 0.5) is 0 Å². The average molecular weight is 683 g/mol. The Morgan fingerprint density at radius 1 is 0.860 bits per heavy atom. The number of nitrogens with one attached hydrogen (secondary N) is 1. The van der Waals surface area contributed by atoms with Crippen molar-refractivity contribution in [2.75, 3.05) is 39.3 Å². The molecule has 4 N–H and O–H groups in total. The van der Waals surface area contributed by atoms with Crippen LogP contribution < -0.4 is 20.5 Å². The molecule has 0 unspecified atom stereocenters. The predicted octanol–water partition coefficient (Wildman–Crippen LogP) is 7.06. The summed E-state index contributed by atoms with van der Waals surface area (Å²) in [7, 11) is 0. The van der Waals surface area contributed by atoms with Gasteiger partial charge in [-0.2, -0.15) is 0 Å². The quantitative estimate of drug-likeness (QED) is 0.0861. The second-order valence-corrected chi connectivity index (χ2v) is 13.7. The number of nitrogens with two attached hydrogens (primary N) is 1. The fraction of sp³-hybridized carbons (Fsp3) is 0.439. The molecule has 1 aliphatic carbocycles. The molecule has 50 heavy (non-hydrogen) atoms. The van der Waals surface area contributed by atoms with E-state index in [0.29, 0.717) is 74.0 Å². The van der Waals surface area contributed by atoms with E-state index in [0.717, 1.165) is 56.4 Å². The van der Waals surface area contributed by atoms with Crippen molar-refractivity contribution in [1.82, 2.24) is 10.2 Å². The minimum absolute atomic E-state index is 0.0336. The first-order valence-corrected chi connectivity index (χ1v) is 17.8. The highest BCUT2D eigenvalue weighted by Crippen LogP contribution is 2.36. The van der Waals surface area contributed by atoms with Gasteiger partial charge in [-0.25, -0.2) is 0 Å². The number of allylic oxidation sites excluding steroid dienone is 2. The molecule has 3 aromatic rings. The summed E-state index contributed by atoms with van der Waals surface area (Å²) in [5.74, 6) is 1.05. The maximum atomic E-state index is 13.2. The summed E-state index contributed by atoms with van der Waals surface area (Å²) < 4.78 is 12.3. The van der Waals surface area contributed by atoms with E-state index in [1.807, 2.05) is 81.4 Å². The molecule has 9 heteroatoms. The Hall–Kier alpha value is -4.47. The van der Waals surface area contributed by atoms with E-state index in [1.165, 1.54) is 0 Å². The van der Waals surface area contributed by atoms with Crippen molar-refractivity contribution in [2.24, 2.45) is 16.1 Å². The molecule has 0 bridgehead atoms. The monoisotopic (exact) mass is 682 g/mol. The third-order valence-electron chi connectivity index (χ3n) is 8.74. The van der Waals surface area contributed by atoms with Crippen LogP contribution in [0.2, 0.25) is 0 Å². The van der Waals surface area contributed by atoms with E-state index in [1.54, 1.807) is 18.2 Å². The SMILES string of the molecule is CC(=NCCCN(CCCCN)CCCNC(=O)c1ccc(OCc2ccccc2)c(OCc2ccccc2)c1)C1=C(O)CC(C)(C)CC1=O. The molecule has 1 aliphatic rings. The van der Waals surface area contributed by atoms with Crippen molar-refractivity contribution in [2.45, 2.75) is 72.5 Å². The van der Waals surface area contributed by atoms with Gasteiger partial charge in [0.15, 0.2) is 17.3 Å². The van der Waals surface area contributed by atoms with E-state index < -0.39 is 0 Å². The van der Waals surface area contributed by atoms with Crippen molar-refractivity contribution >= 4 is 17.4 Å². The number of Topliss-reactive ketones (excluding diaryl/α,β-unsaturated/α-hetero) is 1. The van der Waals surface area contributed by atoms with E-state index in [9.17, 15) is 14.7 Å². The van der Waals surface area contributed by atoms with Gasteiger partial charge in [0, 0.05) is 37.2 Å². The van der Waals surface area contributed by atoms with Crippen molar-refractivity contribution < 1.29 is 24.2 Å². The zero-order valence-electron chi connectivity index (χ0n) is 30.0. The van der Waals surface area contributed by atoms with E-state index in [2.05, 4.69) is 15.2 Å². The summed E-state index contributed by atoms with van der Waals surface area (Å²) >= 11 is 0. The summed E-state index contributed by atoms with van der Waals surface area (Å²) in [6.45, 7) is 10.9. The lowest BCUT2D eigenvalue weighted by Gasteiger charge is -2.29. The Bertz CT molecular complexity index is 1590. The molecule has 0 aromatic heterocycles. The molecule has 9 nitrogen and oxygen atoms in total. The van der Waals surface area contributed by atoms with Crippen molar-refractivity contribution in [3.05, 3.63) is 107 Å². The summed E-state index contributed by atoms with van der Waals surface area (Å²) in [4.78, 5) is 32.9. The van der Waals surface area contributed by atoms with Crippen LogP contribution in [0.3, 0.4) is 0 Å². The van der Waals surface area contributed by atoms with Crippen LogP contribution in [0.1, 0.15) is 80.8 Å². The molecule has 0 saturated heterocycles. The molecule has 0 atom stereocenters. The van der Waals surface area contributed by atoms with Gasteiger partial charge in [-0.1, -0.05) is 74.5 Å². The number of carbonyl (C=O) groups excluding carboxylic acids is 2. The average Bonchev–Trinajstić information content (AvgIpc) is 3.10. The van der Waals surface area contributed by atoms with Crippen LogP contribution in [0.15, 0.2) is 95.2 Å². The number of carbonyl (C=O) groups is 2. The molecule has 0 heterocycles. The number of aliphatic imine (C=N–C) groups is 1. The normalized spacial score (nSPS) is 14.6. The molecule has 4 rings (SSSR count). The molecule has 268 valence electrons. The number of benzene rings is 3. The molecular weight excluding hydrogens is 628 g/mol. The van der Waals surface area contributed by atoms with Gasteiger partial charge in [-0.05, 0) is 93.5 Å². The molecule has 0 saturated carbocycles. The lowest BCUT2D eigenvalue weighted by molar-refractivity contribution is -0.117. The molecule has 0 aliphatic heterocycles. The molecule has 0 spiro atoms. The largest absolute Gasteiger partial charge is 0.511 e. The second-order valence-electron chi connectivity index (χ2n) is 13.7. The molecule has 1 amide bonds. The number of amides is 1. The second kappa shape index (κ2) is 19.6. The summed E-state index contributed by atoms with van der Waals surface area (Å²) in [6.07, 6.45) is 4.48. The maximum absolute atomic E-state index is 13.2. The van der Waals surface area contributed by atoms with Crippen LogP contribution >= 0.6 is 0 Å². The molecule has 0 fully saturated rings. The third-order valence-corrected chi connectivity index (χ3v) is 8.74. The van der Waals surface area contributed by atoms with E-state index >= 15 is 0 Å². The lowest BCUT2D eigenvalue weighted by atomic mass is 9.76. The van der Waals surface area contributed by atoms with E-state index in [4.69, 9.17) is 15.2 Å². The summed E-state index contributed by atoms with van der Waals surface area (Å²) in [5, 5.41) is 13.6. The Morgan fingerprint density at radius 2 is 1.48 bits per heavy atom. The smallest absolute Gasteiger partial charge is 0.251 e. The number of aliphatic hydroxyl groups excluding tert-OH is 1. The topological polar surface area (TPSA) is 126 Å². The summed E-state index contributed by atoms with van der Waals surface area (Å²) in [6, 6.07) is 25.1. The highest BCUT2D eigenvalue weighted by atomic mass is 16.5. The Kier molecular flexibility index (Phi) is 15.1. The number of ketones is 1. The number of aliphatic hydroxyl groups is 1. The van der Waals surface area contributed by atoms with Crippen LogP contribution in [-0.2, 0) is 18.0 Å². The number of hydrogen-bond acceptors (Lipinski definition) is 8. The van der Waals surface area contributed by atoms with Gasteiger partial charge in [0.1, 0.15) is 19.0 Å². The highest BCUT2D eigenvalue weighted by molar-refractivity contribution is 6.22. The van der Waals surface area contributed by atoms with Gasteiger partial charge in [-0.15, -0.1) is 0 Å². The van der Waals surface area contributed by atoms with E-state index in [-0.39, 0.29) is 22.9 Å². The molecular formula is C41H54N4O5. The van der Waals surface area contributed by atoms with Gasteiger partial charge < -0.3 is 30.5 Å². The Labute approximate surface area is 297 Å². The Morgan fingerprint density at radius 3 is 2.12 bits per heavy atom. The van der Waals surface area contributed by atoms with Gasteiger partial charge in [0.25, 0.3) is 5.91 Å². The first kappa shape index (κ1) is 38.3.